The summed E-state index contributed by atoms with van der Waals surface area (Å²) in [6, 6.07) is 0. The van der Waals surface area contributed by atoms with Gasteiger partial charge in [0.2, 0.25) is 7.37 Å². The molecule has 1 saturated carbocycles. The number of rotatable bonds is 8. The first-order valence-electron chi connectivity index (χ1n) is 6.04. The molecule has 18 heavy (non-hydrogen) atoms. The number of carboxylic acid groups (broad SMARTS) is 2. The van der Waals surface area contributed by atoms with E-state index in [1.807, 2.05) is 6.92 Å². The molecule has 0 heterocycles. The molecular formula is C11H19O6P. The third-order valence-corrected chi connectivity index (χ3v) is 5.40. The quantitative estimate of drug-likeness (QED) is 0.459. The molecule has 0 aromatic heterocycles. The van der Waals surface area contributed by atoms with E-state index in [4.69, 9.17) is 0 Å². The molecule has 1 aliphatic rings. The highest BCUT2D eigenvalue weighted by Gasteiger charge is 2.59. The number of carbonyl (C=O) groups is 2. The molecule has 0 aromatic rings. The van der Waals surface area contributed by atoms with Crippen LogP contribution in [0.2, 0.25) is 0 Å². The summed E-state index contributed by atoms with van der Waals surface area (Å²) in [7, 11) is -3.71. The lowest BCUT2D eigenvalue weighted by Crippen LogP contribution is -2.44. The highest BCUT2D eigenvalue weighted by atomic mass is 31.2. The largest absolute Gasteiger partial charge is 0.480 e. The van der Waals surface area contributed by atoms with Crippen LogP contribution in [0.3, 0.4) is 0 Å². The zero-order chi connectivity index (χ0) is 14.0. The summed E-state index contributed by atoms with van der Waals surface area (Å²) in [6.07, 6.45) is 1.52. The Bertz CT molecular complexity index is 373. The van der Waals surface area contributed by atoms with Gasteiger partial charge in [0.05, 0.1) is 6.16 Å². The monoisotopic (exact) mass is 278 g/mol. The molecule has 1 atom stereocenters. The number of hydrogen-bond acceptors (Lipinski definition) is 3. The highest BCUT2D eigenvalue weighted by Crippen LogP contribution is 2.55. The van der Waals surface area contributed by atoms with Crippen molar-refractivity contribution >= 4 is 19.3 Å². The lowest BCUT2D eigenvalue weighted by Gasteiger charge is -2.27. The van der Waals surface area contributed by atoms with Gasteiger partial charge >= 0.3 is 11.9 Å². The van der Waals surface area contributed by atoms with Gasteiger partial charge in [-0.25, -0.2) is 0 Å². The summed E-state index contributed by atoms with van der Waals surface area (Å²) < 4.78 is 12.0. The summed E-state index contributed by atoms with van der Waals surface area (Å²) in [5.74, 6) is -3.51. The minimum atomic E-state index is -3.71. The fourth-order valence-electron chi connectivity index (χ4n) is 2.16. The Morgan fingerprint density at radius 2 is 1.78 bits per heavy atom. The molecule has 0 spiro atoms. The van der Waals surface area contributed by atoms with Crippen molar-refractivity contribution in [2.24, 2.45) is 11.3 Å². The van der Waals surface area contributed by atoms with Gasteiger partial charge in [0.25, 0.3) is 0 Å². The number of unbranched alkanes of at least 4 members (excludes halogenated alkanes) is 1. The summed E-state index contributed by atoms with van der Waals surface area (Å²) in [4.78, 5) is 32.4. The minimum Gasteiger partial charge on any atom is -0.480 e. The smallest absolute Gasteiger partial charge is 0.321 e. The fourth-order valence-corrected chi connectivity index (χ4v) is 4.43. The van der Waals surface area contributed by atoms with Crippen LogP contribution in [-0.2, 0) is 14.2 Å². The van der Waals surface area contributed by atoms with E-state index in [0.29, 0.717) is 25.7 Å². The molecule has 6 nitrogen and oxygen atoms in total. The van der Waals surface area contributed by atoms with Gasteiger partial charge < -0.3 is 15.1 Å². The first-order chi connectivity index (χ1) is 8.26. The normalized spacial score (nSPS) is 19.2. The van der Waals surface area contributed by atoms with E-state index in [1.54, 1.807) is 0 Å². The van der Waals surface area contributed by atoms with Crippen LogP contribution in [0.15, 0.2) is 0 Å². The molecule has 104 valence electrons. The van der Waals surface area contributed by atoms with Crippen LogP contribution in [-0.4, -0.2) is 39.4 Å². The summed E-state index contributed by atoms with van der Waals surface area (Å²) in [6.45, 7) is 1.85. The molecule has 1 rings (SSSR count). The molecule has 0 bridgehead atoms. The van der Waals surface area contributed by atoms with Crippen molar-refractivity contribution in [1.29, 1.82) is 0 Å². The van der Waals surface area contributed by atoms with Crippen LogP contribution in [0.25, 0.3) is 0 Å². The van der Waals surface area contributed by atoms with E-state index in [2.05, 4.69) is 0 Å². The van der Waals surface area contributed by atoms with Crippen LogP contribution in [0, 0.1) is 11.3 Å². The van der Waals surface area contributed by atoms with Gasteiger partial charge in [-0.2, -0.15) is 0 Å². The molecule has 3 N–H and O–H groups in total. The molecule has 0 aromatic carbocycles. The van der Waals surface area contributed by atoms with Crippen molar-refractivity contribution in [3.05, 3.63) is 0 Å². The van der Waals surface area contributed by atoms with Crippen molar-refractivity contribution in [3.8, 4) is 0 Å². The average Bonchev–Trinajstić information content (AvgIpc) is 3.06. The third-order valence-electron chi connectivity index (χ3n) is 3.40. The molecule has 0 amide bonds. The topological polar surface area (TPSA) is 112 Å². The number of carboxylic acids is 2. The second-order valence-corrected chi connectivity index (χ2v) is 7.39. The van der Waals surface area contributed by atoms with E-state index >= 15 is 0 Å². The van der Waals surface area contributed by atoms with Crippen LogP contribution in [0.4, 0.5) is 0 Å². The van der Waals surface area contributed by atoms with Crippen LogP contribution in [0.5, 0.6) is 0 Å². The molecule has 0 saturated heterocycles. The lowest BCUT2D eigenvalue weighted by molar-refractivity contribution is -0.164. The van der Waals surface area contributed by atoms with E-state index in [0.717, 1.165) is 0 Å². The van der Waals surface area contributed by atoms with Crippen LogP contribution >= 0.6 is 7.37 Å². The summed E-state index contributed by atoms with van der Waals surface area (Å²) >= 11 is 0. The van der Waals surface area contributed by atoms with Crippen LogP contribution in [0.1, 0.15) is 32.6 Å². The molecule has 0 radical (unpaired) electrons. The maximum absolute atomic E-state index is 12.0. The van der Waals surface area contributed by atoms with Gasteiger partial charge in [-0.15, -0.1) is 0 Å². The lowest BCUT2D eigenvalue weighted by atomic mass is 9.85. The zero-order valence-electron chi connectivity index (χ0n) is 10.3. The van der Waals surface area contributed by atoms with E-state index in [9.17, 15) is 29.3 Å². The minimum absolute atomic E-state index is 0.0153. The third kappa shape index (κ3) is 3.12. The van der Waals surface area contributed by atoms with Crippen LogP contribution < -0.4 is 0 Å². The molecular weight excluding hydrogens is 259 g/mol. The zero-order valence-corrected chi connectivity index (χ0v) is 11.2. The molecule has 0 aliphatic heterocycles. The van der Waals surface area contributed by atoms with Gasteiger partial charge in [0, 0.05) is 6.16 Å². The first kappa shape index (κ1) is 15.2. The molecule has 1 fully saturated rings. The average molecular weight is 278 g/mol. The van der Waals surface area contributed by atoms with Crippen molar-refractivity contribution in [2.75, 3.05) is 12.3 Å². The Labute approximate surface area is 105 Å². The van der Waals surface area contributed by atoms with Gasteiger partial charge in [0.15, 0.2) is 5.41 Å². The maximum Gasteiger partial charge on any atom is 0.321 e. The highest BCUT2D eigenvalue weighted by molar-refractivity contribution is 7.58. The summed E-state index contributed by atoms with van der Waals surface area (Å²) in [5, 5.41) is 18.4. The standard InChI is InChI=1S/C11H19O6P/c1-2-3-6-18(16,17)7-11(9(12)13,10(14)15)8-4-5-8/h8H,2-7H2,1H3,(H,12,13)(H,14,15)(H,16,17). The Morgan fingerprint density at radius 3 is 2.11 bits per heavy atom. The second kappa shape index (κ2) is 5.41. The Hall–Kier alpha value is -0.870. The molecule has 1 aliphatic carbocycles. The van der Waals surface area contributed by atoms with Gasteiger partial charge in [-0.1, -0.05) is 13.3 Å². The number of aliphatic carboxylic acids is 2. The molecule has 1 unspecified atom stereocenters. The van der Waals surface area contributed by atoms with E-state index in [-0.39, 0.29) is 6.16 Å². The van der Waals surface area contributed by atoms with E-state index < -0.39 is 36.8 Å². The number of hydrogen-bond donors (Lipinski definition) is 3. The predicted octanol–water partition coefficient (Wildman–Crippen LogP) is 1.62. The van der Waals surface area contributed by atoms with Crippen molar-refractivity contribution in [1.82, 2.24) is 0 Å². The Kier molecular flexibility index (Phi) is 4.56. The second-order valence-electron chi connectivity index (χ2n) is 4.94. The fraction of sp³-hybridized carbons (Fsp3) is 0.818. The summed E-state index contributed by atoms with van der Waals surface area (Å²) in [5.41, 5.74) is -2.09. The Morgan fingerprint density at radius 1 is 1.28 bits per heavy atom. The Balaban J connectivity index is 2.95. The van der Waals surface area contributed by atoms with Crippen molar-refractivity contribution in [3.63, 3.8) is 0 Å². The molecule has 7 heteroatoms. The first-order valence-corrected chi connectivity index (χ1v) is 8.07. The van der Waals surface area contributed by atoms with Gasteiger partial charge in [-0.3, -0.25) is 14.2 Å². The van der Waals surface area contributed by atoms with Crippen molar-refractivity contribution in [2.45, 2.75) is 32.6 Å². The predicted molar refractivity (Wildman–Crippen MR) is 64.9 cm³/mol. The SMILES string of the molecule is CCCCP(=O)(O)CC(C(=O)O)(C(=O)O)C1CC1. The maximum atomic E-state index is 12.0. The van der Waals surface area contributed by atoms with Gasteiger partial charge in [-0.05, 0) is 25.2 Å². The van der Waals surface area contributed by atoms with Gasteiger partial charge in [0.1, 0.15) is 0 Å². The van der Waals surface area contributed by atoms with E-state index in [1.165, 1.54) is 0 Å². The van der Waals surface area contributed by atoms with Crippen molar-refractivity contribution < 1.29 is 29.3 Å².